The molecule has 0 atom stereocenters. The number of amides is 2. The number of hydrogen-bond donors (Lipinski definition) is 0. The number of benzene rings is 2. The molecule has 2 heterocycles. The highest BCUT2D eigenvalue weighted by Crippen LogP contribution is 2.26. The van der Waals surface area contributed by atoms with Crippen LogP contribution in [0, 0.1) is 13.8 Å². The number of piperazine rings is 1. The first kappa shape index (κ1) is 23.0. The molecule has 4 rings (SSSR count). The maximum absolute atomic E-state index is 12.8. The fourth-order valence-corrected chi connectivity index (χ4v) is 4.86. The van der Waals surface area contributed by atoms with Crippen molar-refractivity contribution in [2.45, 2.75) is 32.5 Å². The third-order valence-electron chi connectivity index (χ3n) is 5.96. The number of aromatic nitrogens is 3. The van der Waals surface area contributed by atoms with Gasteiger partial charge >= 0.3 is 0 Å². The van der Waals surface area contributed by atoms with E-state index in [1.807, 2.05) is 59.2 Å². The van der Waals surface area contributed by atoms with Crippen LogP contribution in [-0.4, -0.2) is 68.3 Å². The highest BCUT2D eigenvalue weighted by molar-refractivity contribution is 7.99. The van der Waals surface area contributed by atoms with Crippen molar-refractivity contribution in [2.24, 2.45) is 0 Å². The summed E-state index contributed by atoms with van der Waals surface area (Å²) in [6, 6.07) is 15.7. The van der Waals surface area contributed by atoms with Crippen LogP contribution in [0.25, 0.3) is 11.4 Å². The normalized spacial score (nSPS) is 13.9. The fourth-order valence-electron chi connectivity index (χ4n) is 3.96. The Morgan fingerprint density at radius 3 is 2.24 bits per heavy atom. The molecule has 0 unspecified atom stereocenters. The Balaban J connectivity index is 1.33. The second-order valence-electron chi connectivity index (χ2n) is 8.19. The smallest absolute Gasteiger partial charge is 0.253 e. The molecule has 172 valence electrons. The molecule has 1 aliphatic heterocycles. The van der Waals surface area contributed by atoms with Crippen LogP contribution >= 0.6 is 11.8 Å². The van der Waals surface area contributed by atoms with E-state index in [1.54, 1.807) is 0 Å². The number of nitrogens with zero attached hydrogens (tertiary/aromatic N) is 5. The van der Waals surface area contributed by atoms with Gasteiger partial charge in [0, 0.05) is 43.9 Å². The molecule has 0 radical (unpaired) electrons. The summed E-state index contributed by atoms with van der Waals surface area (Å²) < 4.78 is 2.05. The largest absolute Gasteiger partial charge is 0.338 e. The Hall–Kier alpha value is -3.13. The van der Waals surface area contributed by atoms with Crippen LogP contribution in [0.5, 0.6) is 0 Å². The Morgan fingerprint density at radius 1 is 0.909 bits per heavy atom. The lowest BCUT2D eigenvalue weighted by molar-refractivity contribution is -0.129. The number of thioether (sulfide) groups is 1. The van der Waals surface area contributed by atoms with Gasteiger partial charge in [-0.2, -0.15) is 0 Å². The minimum Gasteiger partial charge on any atom is -0.338 e. The van der Waals surface area contributed by atoms with E-state index >= 15 is 0 Å². The summed E-state index contributed by atoms with van der Waals surface area (Å²) in [6.07, 6.45) is 0. The highest BCUT2D eigenvalue weighted by atomic mass is 32.2. The number of carbonyl (C=O) groups excluding carboxylic acids is 2. The summed E-state index contributed by atoms with van der Waals surface area (Å²) in [4.78, 5) is 29.2. The lowest BCUT2D eigenvalue weighted by atomic mass is 10.1. The van der Waals surface area contributed by atoms with E-state index in [2.05, 4.69) is 34.7 Å². The summed E-state index contributed by atoms with van der Waals surface area (Å²) in [5.41, 5.74) is 4.02. The average molecular weight is 464 g/mol. The van der Waals surface area contributed by atoms with Crippen molar-refractivity contribution in [2.75, 3.05) is 31.9 Å². The molecule has 7 nitrogen and oxygen atoms in total. The third kappa shape index (κ3) is 5.11. The molecule has 2 aromatic carbocycles. The summed E-state index contributed by atoms with van der Waals surface area (Å²) >= 11 is 1.42. The van der Waals surface area contributed by atoms with Gasteiger partial charge in [0.1, 0.15) is 0 Å². The molecule has 0 spiro atoms. The molecule has 8 heteroatoms. The molecule has 1 fully saturated rings. The molecule has 1 saturated heterocycles. The van der Waals surface area contributed by atoms with E-state index in [0.717, 1.165) is 34.2 Å². The first-order chi connectivity index (χ1) is 16.0. The Labute approximate surface area is 198 Å². The van der Waals surface area contributed by atoms with E-state index in [0.29, 0.717) is 37.5 Å². The molecule has 0 saturated carbocycles. The van der Waals surface area contributed by atoms with Gasteiger partial charge in [-0.1, -0.05) is 53.7 Å². The van der Waals surface area contributed by atoms with Crippen LogP contribution in [0.3, 0.4) is 0 Å². The average Bonchev–Trinajstić information content (AvgIpc) is 3.25. The second kappa shape index (κ2) is 10.2. The summed E-state index contributed by atoms with van der Waals surface area (Å²) in [7, 11) is 0. The SMILES string of the molecule is CCn1c(SCC(=O)N2CCN(C(=O)c3ccc(C)cc3)CC2)nnc1-c1ccccc1C. The lowest BCUT2D eigenvalue weighted by Gasteiger charge is -2.34. The van der Waals surface area contributed by atoms with Gasteiger partial charge in [-0.3, -0.25) is 9.59 Å². The number of hydrogen-bond acceptors (Lipinski definition) is 5. The molecule has 33 heavy (non-hydrogen) atoms. The second-order valence-corrected chi connectivity index (χ2v) is 9.14. The van der Waals surface area contributed by atoms with Gasteiger partial charge in [0.15, 0.2) is 11.0 Å². The first-order valence-corrected chi connectivity index (χ1v) is 12.2. The van der Waals surface area contributed by atoms with Gasteiger partial charge in [0.2, 0.25) is 5.91 Å². The molecule has 1 aromatic heterocycles. The molecular weight excluding hydrogens is 434 g/mol. The van der Waals surface area contributed by atoms with Crippen LogP contribution in [0.2, 0.25) is 0 Å². The van der Waals surface area contributed by atoms with Gasteiger partial charge in [0.25, 0.3) is 5.91 Å². The molecule has 0 aliphatic carbocycles. The van der Waals surface area contributed by atoms with Crippen molar-refractivity contribution >= 4 is 23.6 Å². The monoisotopic (exact) mass is 463 g/mol. The maximum atomic E-state index is 12.8. The van der Waals surface area contributed by atoms with Gasteiger partial charge in [0.05, 0.1) is 5.75 Å². The number of rotatable bonds is 6. The van der Waals surface area contributed by atoms with Crippen molar-refractivity contribution in [1.82, 2.24) is 24.6 Å². The first-order valence-electron chi connectivity index (χ1n) is 11.2. The molecule has 2 amide bonds. The zero-order valence-electron chi connectivity index (χ0n) is 19.3. The van der Waals surface area contributed by atoms with Crippen molar-refractivity contribution in [3.05, 3.63) is 65.2 Å². The topological polar surface area (TPSA) is 71.3 Å². The van der Waals surface area contributed by atoms with Crippen LogP contribution in [0.4, 0.5) is 0 Å². The summed E-state index contributed by atoms with van der Waals surface area (Å²) in [6.45, 7) is 9.04. The minimum absolute atomic E-state index is 0.0243. The van der Waals surface area contributed by atoms with Crippen LogP contribution in [-0.2, 0) is 11.3 Å². The van der Waals surface area contributed by atoms with Crippen molar-refractivity contribution < 1.29 is 9.59 Å². The number of aryl methyl sites for hydroxylation is 2. The molecular formula is C25H29N5O2S. The van der Waals surface area contributed by atoms with Crippen molar-refractivity contribution in [3.8, 4) is 11.4 Å². The van der Waals surface area contributed by atoms with Gasteiger partial charge in [-0.05, 0) is 38.5 Å². The summed E-state index contributed by atoms with van der Waals surface area (Å²) in [5.74, 6) is 1.22. The standard InChI is InChI=1S/C25H29N5O2S/c1-4-30-23(21-8-6-5-7-19(21)3)26-27-25(30)33-17-22(31)28-13-15-29(16-14-28)24(32)20-11-9-18(2)10-12-20/h5-12H,4,13-17H2,1-3H3. The molecule has 0 bridgehead atoms. The predicted octanol–water partition coefficient (Wildman–Crippen LogP) is 3.66. The summed E-state index contributed by atoms with van der Waals surface area (Å²) in [5, 5.41) is 9.49. The Kier molecular flexibility index (Phi) is 7.13. The van der Waals surface area contributed by atoms with E-state index in [4.69, 9.17) is 0 Å². The molecule has 1 aliphatic rings. The maximum Gasteiger partial charge on any atom is 0.253 e. The number of carbonyl (C=O) groups is 2. The molecule has 0 N–H and O–H groups in total. The fraction of sp³-hybridized carbons (Fsp3) is 0.360. The Bertz CT molecular complexity index is 1130. The molecule has 3 aromatic rings. The highest BCUT2D eigenvalue weighted by Gasteiger charge is 2.25. The van der Waals surface area contributed by atoms with Crippen molar-refractivity contribution in [1.29, 1.82) is 0 Å². The third-order valence-corrected chi connectivity index (χ3v) is 6.91. The minimum atomic E-state index is 0.0243. The van der Waals surface area contributed by atoms with E-state index in [9.17, 15) is 9.59 Å². The van der Waals surface area contributed by atoms with Gasteiger partial charge < -0.3 is 14.4 Å². The Morgan fingerprint density at radius 2 is 1.58 bits per heavy atom. The van der Waals surface area contributed by atoms with Crippen LogP contribution in [0.1, 0.15) is 28.4 Å². The van der Waals surface area contributed by atoms with Crippen LogP contribution in [0.15, 0.2) is 53.7 Å². The van der Waals surface area contributed by atoms with E-state index < -0.39 is 0 Å². The zero-order chi connectivity index (χ0) is 23.4. The quantitative estimate of drug-likeness (QED) is 0.522. The van der Waals surface area contributed by atoms with E-state index in [1.165, 1.54) is 11.8 Å². The van der Waals surface area contributed by atoms with Gasteiger partial charge in [-0.25, -0.2) is 0 Å². The van der Waals surface area contributed by atoms with Crippen LogP contribution < -0.4 is 0 Å². The zero-order valence-corrected chi connectivity index (χ0v) is 20.1. The predicted molar refractivity (Wildman–Crippen MR) is 130 cm³/mol. The van der Waals surface area contributed by atoms with E-state index in [-0.39, 0.29) is 11.8 Å². The van der Waals surface area contributed by atoms with Crippen molar-refractivity contribution in [3.63, 3.8) is 0 Å². The lowest BCUT2D eigenvalue weighted by Crippen LogP contribution is -2.51. The van der Waals surface area contributed by atoms with Gasteiger partial charge in [-0.15, -0.1) is 10.2 Å².